The second-order valence-electron chi connectivity index (χ2n) is 6.45. The Bertz CT molecular complexity index is 1050. The fourth-order valence-corrected chi connectivity index (χ4v) is 3.96. The molecule has 1 aromatic carbocycles. The van der Waals surface area contributed by atoms with E-state index in [2.05, 4.69) is 4.98 Å². The standard InChI is InChI=1S/C19H20N2O4S/c1-5-13-14(11-7-6-8-12(9-11)25-4)15-16(26-13)20-10-21(17(15)22)19(2,3)18(23)24/h6-10H,5H2,1-4H3,(H,23,24). The van der Waals surface area contributed by atoms with Gasteiger partial charge in [-0.1, -0.05) is 19.1 Å². The topological polar surface area (TPSA) is 81.4 Å². The van der Waals surface area contributed by atoms with Crippen LogP contribution in [0, 0.1) is 0 Å². The van der Waals surface area contributed by atoms with Gasteiger partial charge in [-0.2, -0.15) is 0 Å². The van der Waals surface area contributed by atoms with Gasteiger partial charge in [0.05, 0.1) is 12.5 Å². The molecule has 6 nitrogen and oxygen atoms in total. The van der Waals surface area contributed by atoms with Gasteiger partial charge in [0.2, 0.25) is 0 Å². The predicted molar refractivity (Wildman–Crippen MR) is 102 cm³/mol. The lowest BCUT2D eigenvalue weighted by atomic mass is 10.0. The molecule has 26 heavy (non-hydrogen) atoms. The van der Waals surface area contributed by atoms with Gasteiger partial charge >= 0.3 is 5.97 Å². The van der Waals surface area contributed by atoms with Crippen molar-refractivity contribution in [2.45, 2.75) is 32.7 Å². The van der Waals surface area contributed by atoms with Crippen LogP contribution in [0.5, 0.6) is 5.75 Å². The number of aromatic nitrogens is 2. The Morgan fingerprint density at radius 3 is 2.73 bits per heavy atom. The molecule has 0 spiro atoms. The lowest BCUT2D eigenvalue weighted by molar-refractivity contribution is -0.145. The highest BCUT2D eigenvalue weighted by Crippen LogP contribution is 2.37. The summed E-state index contributed by atoms with van der Waals surface area (Å²) < 4.78 is 6.49. The number of hydrogen-bond acceptors (Lipinski definition) is 5. The van der Waals surface area contributed by atoms with Gasteiger partial charge in [0.25, 0.3) is 5.56 Å². The first-order valence-electron chi connectivity index (χ1n) is 8.22. The number of hydrogen-bond donors (Lipinski definition) is 1. The Hall–Kier alpha value is -2.67. The number of fused-ring (bicyclic) bond motifs is 1. The van der Waals surface area contributed by atoms with Crippen LogP contribution in [0.4, 0.5) is 0 Å². The molecule has 2 heterocycles. The number of aryl methyl sites for hydroxylation is 1. The molecule has 136 valence electrons. The zero-order valence-electron chi connectivity index (χ0n) is 15.1. The van der Waals surface area contributed by atoms with Gasteiger partial charge in [-0.15, -0.1) is 11.3 Å². The van der Waals surface area contributed by atoms with Crippen LogP contribution in [0.2, 0.25) is 0 Å². The summed E-state index contributed by atoms with van der Waals surface area (Å²) in [5.41, 5.74) is -0.0778. The zero-order valence-corrected chi connectivity index (χ0v) is 15.9. The SMILES string of the molecule is CCc1sc2ncn(C(C)(C)C(=O)O)c(=O)c2c1-c1cccc(OC)c1. The first-order chi connectivity index (χ1) is 12.3. The maximum Gasteiger partial charge on any atom is 0.329 e. The van der Waals surface area contributed by atoms with E-state index >= 15 is 0 Å². The molecule has 0 atom stereocenters. The van der Waals surface area contributed by atoms with Gasteiger partial charge in [-0.3, -0.25) is 9.36 Å². The molecule has 0 aliphatic heterocycles. The number of aliphatic carboxylic acids is 1. The van der Waals surface area contributed by atoms with E-state index in [-0.39, 0.29) is 5.56 Å². The monoisotopic (exact) mass is 372 g/mol. The normalized spacial score (nSPS) is 11.7. The summed E-state index contributed by atoms with van der Waals surface area (Å²) in [6.45, 7) is 5.00. The van der Waals surface area contributed by atoms with Crippen molar-refractivity contribution >= 4 is 27.5 Å². The molecule has 7 heteroatoms. The molecule has 0 radical (unpaired) electrons. The van der Waals surface area contributed by atoms with Gasteiger partial charge in [-0.05, 0) is 38.0 Å². The van der Waals surface area contributed by atoms with E-state index in [0.717, 1.165) is 22.4 Å². The Morgan fingerprint density at radius 2 is 2.12 bits per heavy atom. The maximum atomic E-state index is 13.2. The molecule has 1 N–H and O–H groups in total. The summed E-state index contributed by atoms with van der Waals surface area (Å²) in [7, 11) is 1.59. The Morgan fingerprint density at radius 1 is 1.38 bits per heavy atom. The van der Waals surface area contributed by atoms with Gasteiger partial charge in [0, 0.05) is 10.4 Å². The molecule has 0 aliphatic rings. The van der Waals surface area contributed by atoms with Crippen molar-refractivity contribution in [2.75, 3.05) is 7.11 Å². The highest BCUT2D eigenvalue weighted by molar-refractivity contribution is 7.19. The lowest BCUT2D eigenvalue weighted by Gasteiger charge is -2.22. The maximum absolute atomic E-state index is 13.2. The minimum atomic E-state index is -1.39. The van der Waals surface area contributed by atoms with E-state index in [1.165, 1.54) is 36.1 Å². The molecule has 0 saturated carbocycles. The highest BCUT2D eigenvalue weighted by Gasteiger charge is 2.32. The molecule has 2 aromatic heterocycles. The van der Waals surface area contributed by atoms with E-state index in [9.17, 15) is 14.7 Å². The number of carboxylic acid groups (broad SMARTS) is 1. The molecule has 0 aliphatic carbocycles. The van der Waals surface area contributed by atoms with Crippen LogP contribution in [0.3, 0.4) is 0 Å². The third-order valence-corrected chi connectivity index (χ3v) is 5.73. The summed E-state index contributed by atoms with van der Waals surface area (Å²) in [4.78, 5) is 30.8. The minimum Gasteiger partial charge on any atom is -0.497 e. The van der Waals surface area contributed by atoms with Crippen LogP contribution in [0.25, 0.3) is 21.3 Å². The number of benzene rings is 1. The van der Waals surface area contributed by atoms with Gasteiger partial charge < -0.3 is 9.84 Å². The van der Waals surface area contributed by atoms with Crippen molar-refractivity contribution in [3.8, 4) is 16.9 Å². The van der Waals surface area contributed by atoms with Crippen LogP contribution < -0.4 is 10.3 Å². The van der Waals surface area contributed by atoms with E-state index in [0.29, 0.717) is 16.0 Å². The molecule has 3 rings (SSSR count). The summed E-state index contributed by atoms with van der Waals surface area (Å²) in [6.07, 6.45) is 2.07. The van der Waals surface area contributed by atoms with Gasteiger partial charge in [0.15, 0.2) is 0 Å². The summed E-state index contributed by atoms with van der Waals surface area (Å²) >= 11 is 1.46. The van der Waals surface area contributed by atoms with Crippen molar-refractivity contribution in [1.82, 2.24) is 9.55 Å². The number of thiophene rings is 1. The molecular formula is C19H20N2O4S. The number of methoxy groups -OCH3 is 1. The average Bonchev–Trinajstić information content (AvgIpc) is 3.01. The lowest BCUT2D eigenvalue weighted by Crippen LogP contribution is -2.42. The molecule has 0 fully saturated rings. The Balaban J connectivity index is 2.38. The van der Waals surface area contributed by atoms with Crippen LogP contribution in [-0.2, 0) is 16.8 Å². The largest absolute Gasteiger partial charge is 0.497 e. The molecule has 0 saturated heterocycles. The van der Waals surface area contributed by atoms with Crippen LogP contribution in [0.15, 0.2) is 35.4 Å². The number of nitrogens with zero attached hydrogens (tertiary/aromatic N) is 2. The van der Waals surface area contributed by atoms with E-state index in [4.69, 9.17) is 4.74 Å². The fourth-order valence-electron chi connectivity index (χ4n) is 2.87. The number of rotatable bonds is 5. The van der Waals surface area contributed by atoms with Crippen molar-refractivity contribution < 1.29 is 14.6 Å². The van der Waals surface area contributed by atoms with Crippen LogP contribution in [0.1, 0.15) is 25.6 Å². The fraction of sp³-hybridized carbons (Fsp3) is 0.316. The predicted octanol–water partition coefficient (Wildman–Crippen LogP) is 3.52. The average molecular weight is 372 g/mol. The van der Waals surface area contributed by atoms with Crippen molar-refractivity contribution in [2.24, 2.45) is 0 Å². The van der Waals surface area contributed by atoms with Crippen LogP contribution in [-0.4, -0.2) is 27.7 Å². The van der Waals surface area contributed by atoms with Crippen molar-refractivity contribution in [3.05, 3.63) is 45.8 Å². The van der Waals surface area contributed by atoms with E-state index in [1.807, 2.05) is 31.2 Å². The van der Waals surface area contributed by atoms with Crippen molar-refractivity contribution in [3.63, 3.8) is 0 Å². The van der Waals surface area contributed by atoms with Gasteiger partial charge in [0.1, 0.15) is 22.4 Å². The second-order valence-corrected chi connectivity index (χ2v) is 7.53. The molecular weight excluding hydrogens is 352 g/mol. The smallest absolute Gasteiger partial charge is 0.329 e. The number of ether oxygens (including phenoxy) is 1. The van der Waals surface area contributed by atoms with Crippen LogP contribution >= 0.6 is 11.3 Å². The summed E-state index contributed by atoms with van der Waals surface area (Å²) in [6, 6.07) is 7.50. The Labute approximate surface area is 154 Å². The second kappa shape index (κ2) is 6.57. The molecule has 0 unspecified atom stereocenters. The third kappa shape index (κ3) is 2.78. The molecule has 0 amide bonds. The first-order valence-corrected chi connectivity index (χ1v) is 9.04. The summed E-state index contributed by atoms with van der Waals surface area (Å²) in [5.74, 6) is -0.395. The Kier molecular flexibility index (Phi) is 4.58. The van der Waals surface area contributed by atoms with Gasteiger partial charge in [-0.25, -0.2) is 9.78 Å². The van der Waals surface area contributed by atoms with Crippen molar-refractivity contribution in [1.29, 1.82) is 0 Å². The number of carboxylic acids is 1. The summed E-state index contributed by atoms with van der Waals surface area (Å²) in [5, 5.41) is 9.95. The highest BCUT2D eigenvalue weighted by atomic mass is 32.1. The number of carbonyl (C=O) groups is 1. The van der Waals surface area contributed by atoms with E-state index in [1.54, 1.807) is 7.11 Å². The first kappa shape index (κ1) is 18.1. The molecule has 0 bridgehead atoms. The third-order valence-electron chi connectivity index (χ3n) is 4.49. The minimum absolute atomic E-state index is 0.351. The quantitative estimate of drug-likeness (QED) is 0.741. The zero-order chi connectivity index (χ0) is 19.1. The molecule has 3 aromatic rings. The van der Waals surface area contributed by atoms with E-state index < -0.39 is 11.5 Å².